The predicted molar refractivity (Wildman–Crippen MR) is 74.3 cm³/mol. The summed E-state index contributed by atoms with van der Waals surface area (Å²) < 4.78 is 0. The maximum absolute atomic E-state index is 11.1. The van der Waals surface area contributed by atoms with Gasteiger partial charge in [0.15, 0.2) is 0 Å². The Morgan fingerprint density at radius 1 is 1.16 bits per heavy atom. The first-order valence-electron chi connectivity index (χ1n) is 5.84. The van der Waals surface area contributed by atoms with E-state index in [1.807, 2.05) is 30.3 Å². The molecule has 0 radical (unpaired) electrons. The van der Waals surface area contributed by atoms with Gasteiger partial charge in [-0.3, -0.25) is 4.79 Å². The van der Waals surface area contributed by atoms with Crippen LogP contribution in [0.4, 0.5) is 11.6 Å². The van der Waals surface area contributed by atoms with Gasteiger partial charge in [-0.2, -0.15) is 0 Å². The van der Waals surface area contributed by atoms with E-state index >= 15 is 0 Å². The average Bonchev–Trinajstić information content (AvgIpc) is 2.81. The van der Waals surface area contributed by atoms with E-state index in [4.69, 9.17) is 5.73 Å². The van der Waals surface area contributed by atoms with Crippen LogP contribution in [0.1, 0.15) is 10.4 Å². The summed E-state index contributed by atoms with van der Waals surface area (Å²) in [6.07, 6.45) is 0. The standard InChI is InChI=1S/C14H12N4O/c15-13(19)9-4-3-5-10(8-9)16-14-17-11-6-1-2-7-12(11)18-14/h1-8H,(H2,15,19)(H2,16,17,18). The van der Waals surface area contributed by atoms with Crippen LogP contribution in [-0.2, 0) is 0 Å². The third-order valence-corrected chi connectivity index (χ3v) is 2.80. The molecule has 1 amide bonds. The molecule has 0 saturated carbocycles. The molecule has 5 nitrogen and oxygen atoms in total. The summed E-state index contributed by atoms with van der Waals surface area (Å²) in [6.45, 7) is 0. The van der Waals surface area contributed by atoms with Gasteiger partial charge in [0.05, 0.1) is 11.0 Å². The first-order chi connectivity index (χ1) is 9.22. The highest BCUT2D eigenvalue weighted by molar-refractivity contribution is 5.93. The van der Waals surface area contributed by atoms with E-state index in [1.165, 1.54) is 0 Å². The van der Waals surface area contributed by atoms with Gasteiger partial charge in [0.25, 0.3) is 0 Å². The van der Waals surface area contributed by atoms with E-state index < -0.39 is 5.91 Å². The molecule has 5 heteroatoms. The van der Waals surface area contributed by atoms with Gasteiger partial charge < -0.3 is 16.0 Å². The predicted octanol–water partition coefficient (Wildman–Crippen LogP) is 2.41. The number of anilines is 2. The largest absolute Gasteiger partial charge is 0.366 e. The van der Waals surface area contributed by atoms with E-state index in [-0.39, 0.29) is 0 Å². The van der Waals surface area contributed by atoms with Gasteiger partial charge in [-0.15, -0.1) is 0 Å². The van der Waals surface area contributed by atoms with Crippen LogP contribution in [0, 0.1) is 0 Å². The molecule has 19 heavy (non-hydrogen) atoms. The highest BCUT2D eigenvalue weighted by atomic mass is 16.1. The summed E-state index contributed by atoms with van der Waals surface area (Å²) in [5.41, 5.74) is 8.31. The van der Waals surface area contributed by atoms with E-state index in [0.29, 0.717) is 11.5 Å². The van der Waals surface area contributed by atoms with Gasteiger partial charge in [0.2, 0.25) is 11.9 Å². The topological polar surface area (TPSA) is 83.8 Å². The number of hydrogen-bond donors (Lipinski definition) is 3. The summed E-state index contributed by atoms with van der Waals surface area (Å²) in [6, 6.07) is 14.7. The van der Waals surface area contributed by atoms with Crippen molar-refractivity contribution in [3.63, 3.8) is 0 Å². The third kappa shape index (κ3) is 2.26. The normalized spacial score (nSPS) is 10.5. The van der Waals surface area contributed by atoms with Crippen molar-refractivity contribution in [2.75, 3.05) is 5.32 Å². The molecule has 0 atom stereocenters. The Hall–Kier alpha value is -2.82. The summed E-state index contributed by atoms with van der Waals surface area (Å²) in [5, 5.41) is 3.11. The summed E-state index contributed by atoms with van der Waals surface area (Å²) in [7, 11) is 0. The van der Waals surface area contributed by atoms with Gasteiger partial charge in [-0.1, -0.05) is 18.2 Å². The lowest BCUT2D eigenvalue weighted by atomic mass is 10.2. The number of nitrogens with zero attached hydrogens (tertiary/aromatic N) is 1. The minimum absolute atomic E-state index is 0.451. The van der Waals surface area contributed by atoms with Crippen molar-refractivity contribution in [2.24, 2.45) is 5.73 Å². The Balaban J connectivity index is 1.92. The molecule has 3 rings (SSSR count). The first kappa shape index (κ1) is 11.3. The fraction of sp³-hybridized carbons (Fsp3) is 0. The number of hydrogen-bond acceptors (Lipinski definition) is 3. The number of aromatic nitrogens is 2. The second-order valence-corrected chi connectivity index (χ2v) is 4.17. The number of benzene rings is 2. The molecule has 4 N–H and O–H groups in total. The number of nitrogens with two attached hydrogens (primary N) is 1. The Morgan fingerprint density at radius 2 is 2.00 bits per heavy atom. The number of rotatable bonds is 3. The zero-order chi connectivity index (χ0) is 13.2. The molecule has 0 spiro atoms. The van der Waals surface area contributed by atoms with Crippen LogP contribution in [0.25, 0.3) is 11.0 Å². The molecule has 94 valence electrons. The molecule has 0 fully saturated rings. The van der Waals surface area contributed by atoms with Crippen molar-refractivity contribution in [2.45, 2.75) is 0 Å². The van der Waals surface area contributed by atoms with Crippen molar-refractivity contribution in [3.05, 3.63) is 54.1 Å². The molecule has 2 aromatic carbocycles. The number of aromatic amines is 1. The molecule has 1 aromatic heterocycles. The van der Waals surface area contributed by atoms with Crippen molar-refractivity contribution in [1.82, 2.24) is 9.97 Å². The second kappa shape index (κ2) is 4.45. The maximum Gasteiger partial charge on any atom is 0.248 e. The number of H-pyrrole nitrogens is 1. The van der Waals surface area contributed by atoms with Gasteiger partial charge in [-0.05, 0) is 30.3 Å². The Labute approximate surface area is 109 Å². The van der Waals surface area contributed by atoms with Crippen molar-refractivity contribution < 1.29 is 4.79 Å². The molecule has 0 bridgehead atoms. The van der Waals surface area contributed by atoms with E-state index in [0.717, 1.165) is 16.7 Å². The van der Waals surface area contributed by atoms with Crippen molar-refractivity contribution in [1.29, 1.82) is 0 Å². The van der Waals surface area contributed by atoms with Crippen LogP contribution in [0.5, 0.6) is 0 Å². The summed E-state index contributed by atoms with van der Waals surface area (Å²) >= 11 is 0. The molecular weight excluding hydrogens is 240 g/mol. The second-order valence-electron chi connectivity index (χ2n) is 4.17. The van der Waals surface area contributed by atoms with E-state index in [2.05, 4.69) is 15.3 Å². The lowest BCUT2D eigenvalue weighted by molar-refractivity contribution is 0.100. The summed E-state index contributed by atoms with van der Waals surface area (Å²) in [4.78, 5) is 18.7. The number of para-hydroxylation sites is 2. The van der Waals surface area contributed by atoms with Crippen LogP contribution < -0.4 is 11.1 Å². The number of carbonyl (C=O) groups is 1. The number of amides is 1. The zero-order valence-corrected chi connectivity index (χ0v) is 10.1. The fourth-order valence-electron chi connectivity index (χ4n) is 1.90. The minimum atomic E-state index is -0.451. The number of carbonyl (C=O) groups excluding carboxylic acids is 1. The lowest BCUT2D eigenvalue weighted by Gasteiger charge is -2.03. The Bertz CT molecular complexity index is 715. The first-order valence-corrected chi connectivity index (χ1v) is 5.84. The van der Waals surface area contributed by atoms with Gasteiger partial charge in [0.1, 0.15) is 0 Å². The zero-order valence-electron chi connectivity index (χ0n) is 10.1. The van der Waals surface area contributed by atoms with Crippen LogP contribution in [0.15, 0.2) is 48.5 Å². The monoisotopic (exact) mass is 252 g/mol. The smallest absolute Gasteiger partial charge is 0.248 e. The Morgan fingerprint density at radius 3 is 2.79 bits per heavy atom. The average molecular weight is 252 g/mol. The van der Waals surface area contributed by atoms with Crippen LogP contribution in [0.2, 0.25) is 0 Å². The van der Waals surface area contributed by atoms with Crippen LogP contribution in [-0.4, -0.2) is 15.9 Å². The maximum atomic E-state index is 11.1. The molecular formula is C14H12N4O. The third-order valence-electron chi connectivity index (χ3n) is 2.80. The Kier molecular flexibility index (Phi) is 2.64. The van der Waals surface area contributed by atoms with Gasteiger partial charge in [0, 0.05) is 11.3 Å². The van der Waals surface area contributed by atoms with E-state index in [9.17, 15) is 4.79 Å². The van der Waals surface area contributed by atoms with Crippen LogP contribution in [0.3, 0.4) is 0 Å². The quantitative estimate of drug-likeness (QED) is 0.669. The highest BCUT2D eigenvalue weighted by Crippen LogP contribution is 2.18. The minimum Gasteiger partial charge on any atom is -0.366 e. The fourth-order valence-corrected chi connectivity index (χ4v) is 1.90. The SMILES string of the molecule is NC(=O)c1cccc(Nc2nc3ccccc3[nH]2)c1. The number of primary amides is 1. The van der Waals surface area contributed by atoms with E-state index in [1.54, 1.807) is 18.2 Å². The lowest BCUT2D eigenvalue weighted by Crippen LogP contribution is -2.10. The molecule has 0 aliphatic rings. The molecule has 0 aliphatic carbocycles. The van der Waals surface area contributed by atoms with Gasteiger partial charge in [-0.25, -0.2) is 4.98 Å². The number of fused-ring (bicyclic) bond motifs is 1. The number of nitrogens with one attached hydrogen (secondary N) is 2. The van der Waals surface area contributed by atoms with Crippen molar-refractivity contribution >= 4 is 28.6 Å². The number of imidazole rings is 1. The van der Waals surface area contributed by atoms with Crippen LogP contribution >= 0.6 is 0 Å². The molecule has 0 aliphatic heterocycles. The molecule has 3 aromatic rings. The highest BCUT2D eigenvalue weighted by Gasteiger charge is 2.04. The van der Waals surface area contributed by atoms with Crippen molar-refractivity contribution in [3.8, 4) is 0 Å². The van der Waals surface area contributed by atoms with Gasteiger partial charge >= 0.3 is 0 Å². The molecule has 0 saturated heterocycles. The summed E-state index contributed by atoms with van der Waals surface area (Å²) in [5.74, 6) is 0.177. The molecule has 0 unspecified atom stereocenters. The molecule has 1 heterocycles.